The fourth-order valence-electron chi connectivity index (χ4n) is 3.68. The highest BCUT2D eigenvalue weighted by Crippen LogP contribution is 2.30. The molecule has 1 heterocycles. The lowest BCUT2D eigenvalue weighted by Gasteiger charge is -2.38. The van der Waals surface area contributed by atoms with E-state index in [2.05, 4.69) is 5.32 Å². The van der Waals surface area contributed by atoms with Gasteiger partial charge in [-0.2, -0.15) is 0 Å². The third kappa shape index (κ3) is 3.50. The highest BCUT2D eigenvalue weighted by Gasteiger charge is 2.33. The smallest absolute Gasteiger partial charge is 0.231 e. The van der Waals surface area contributed by atoms with Crippen LogP contribution in [0.4, 0.5) is 5.69 Å². The fourth-order valence-corrected chi connectivity index (χ4v) is 3.68. The monoisotopic (exact) mass is 302 g/mol. The number of amides is 1. The Hall–Kier alpha value is -1.39. The van der Waals surface area contributed by atoms with E-state index in [9.17, 15) is 9.90 Å². The van der Waals surface area contributed by atoms with Gasteiger partial charge >= 0.3 is 0 Å². The van der Waals surface area contributed by atoms with E-state index in [1.807, 2.05) is 35.2 Å². The zero-order valence-electron chi connectivity index (χ0n) is 13.1. The van der Waals surface area contributed by atoms with Crippen molar-refractivity contribution in [1.29, 1.82) is 0 Å². The van der Waals surface area contributed by atoms with E-state index < -0.39 is 0 Å². The molecule has 2 fully saturated rings. The molecule has 4 nitrogen and oxygen atoms in total. The van der Waals surface area contributed by atoms with Crippen LogP contribution in [0.25, 0.3) is 0 Å². The second-order valence-corrected chi connectivity index (χ2v) is 6.55. The lowest BCUT2D eigenvalue weighted by molar-refractivity contribution is -0.123. The molecule has 1 amide bonds. The molecule has 0 spiro atoms. The molecule has 1 atom stereocenters. The standard InChI is InChI=1S/C18H26N2O2/c21-17-10-8-16(9-11-17)20(15-6-2-1-3-7-15)18(22)14-5-4-12-19-13-14/h1-3,6-7,14,16-17,19,21H,4-5,8-13H2/t14-,16?,17?/m0/s1. The number of aliphatic hydroxyl groups is 1. The molecule has 1 aromatic carbocycles. The van der Waals surface area contributed by atoms with Crippen molar-refractivity contribution in [2.75, 3.05) is 18.0 Å². The van der Waals surface area contributed by atoms with Crippen molar-refractivity contribution in [2.45, 2.75) is 50.7 Å². The Morgan fingerprint density at radius 3 is 2.45 bits per heavy atom. The Labute approximate surface area is 132 Å². The molecule has 0 bridgehead atoms. The molecule has 1 aliphatic carbocycles. The van der Waals surface area contributed by atoms with Crippen molar-refractivity contribution in [3.8, 4) is 0 Å². The number of nitrogens with one attached hydrogen (secondary N) is 1. The largest absolute Gasteiger partial charge is 0.393 e. The number of aliphatic hydroxyl groups excluding tert-OH is 1. The Bertz CT molecular complexity index is 477. The van der Waals surface area contributed by atoms with Crippen LogP contribution in [-0.2, 0) is 4.79 Å². The molecule has 22 heavy (non-hydrogen) atoms. The molecule has 0 unspecified atom stereocenters. The van der Waals surface area contributed by atoms with Gasteiger partial charge in [0.1, 0.15) is 0 Å². The van der Waals surface area contributed by atoms with Crippen LogP contribution in [0.2, 0.25) is 0 Å². The van der Waals surface area contributed by atoms with Crippen LogP contribution in [0.1, 0.15) is 38.5 Å². The summed E-state index contributed by atoms with van der Waals surface area (Å²) < 4.78 is 0. The number of piperidine rings is 1. The average molecular weight is 302 g/mol. The van der Waals surface area contributed by atoms with Crippen molar-refractivity contribution in [2.24, 2.45) is 5.92 Å². The number of hydrogen-bond donors (Lipinski definition) is 2. The van der Waals surface area contributed by atoms with E-state index in [1.54, 1.807) is 0 Å². The molecular weight excluding hydrogens is 276 g/mol. The molecule has 120 valence electrons. The zero-order chi connectivity index (χ0) is 15.4. The first-order valence-electron chi connectivity index (χ1n) is 8.52. The Morgan fingerprint density at radius 2 is 1.82 bits per heavy atom. The quantitative estimate of drug-likeness (QED) is 0.901. The van der Waals surface area contributed by atoms with Crippen molar-refractivity contribution >= 4 is 11.6 Å². The number of para-hydroxylation sites is 1. The minimum atomic E-state index is -0.194. The third-order valence-electron chi connectivity index (χ3n) is 4.95. The average Bonchev–Trinajstić information content (AvgIpc) is 2.58. The molecule has 0 radical (unpaired) electrons. The van der Waals surface area contributed by atoms with Crippen LogP contribution < -0.4 is 10.2 Å². The maximum absolute atomic E-state index is 13.1. The number of carbonyl (C=O) groups is 1. The molecule has 1 saturated carbocycles. The van der Waals surface area contributed by atoms with Gasteiger partial charge < -0.3 is 15.3 Å². The van der Waals surface area contributed by atoms with Crippen molar-refractivity contribution in [3.63, 3.8) is 0 Å². The summed E-state index contributed by atoms with van der Waals surface area (Å²) in [5.41, 5.74) is 1.000. The van der Waals surface area contributed by atoms with Gasteiger partial charge in [0, 0.05) is 18.3 Å². The number of carbonyl (C=O) groups excluding carboxylic acids is 1. The summed E-state index contributed by atoms with van der Waals surface area (Å²) in [5.74, 6) is 0.334. The van der Waals surface area contributed by atoms with E-state index in [-0.39, 0.29) is 24.0 Å². The first kappa shape index (κ1) is 15.5. The Kier molecular flexibility index (Phi) is 5.11. The highest BCUT2D eigenvalue weighted by molar-refractivity contribution is 5.95. The van der Waals surface area contributed by atoms with Gasteiger partial charge in [-0.1, -0.05) is 18.2 Å². The second kappa shape index (κ2) is 7.25. The van der Waals surface area contributed by atoms with Crippen LogP contribution in [0.15, 0.2) is 30.3 Å². The molecule has 3 rings (SSSR count). The van der Waals surface area contributed by atoms with Crippen molar-refractivity contribution < 1.29 is 9.90 Å². The SMILES string of the molecule is O=C([C@H]1CCCNC1)N(c1ccccc1)C1CCC(O)CC1. The number of benzene rings is 1. The predicted octanol–water partition coefficient (Wildman–Crippen LogP) is 2.32. The molecule has 2 N–H and O–H groups in total. The summed E-state index contributed by atoms with van der Waals surface area (Å²) in [6, 6.07) is 10.2. The molecule has 1 aliphatic heterocycles. The van der Waals surface area contributed by atoms with Gasteiger partial charge in [-0.25, -0.2) is 0 Å². The van der Waals surface area contributed by atoms with Crippen LogP contribution in [0, 0.1) is 5.92 Å². The third-order valence-corrected chi connectivity index (χ3v) is 4.95. The zero-order valence-corrected chi connectivity index (χ0v) is 13.1. The van der Waals surface area contributed by atoms with Gasteiger partial charge in [-0.05, 0) is 57.2 Å². The van der Waals surface area contributed by atoms with Gasteiger partial charge in [0.15, 0.2) is 0 Å². The fraction of sp³-hybridized carbons (Fsp3) is 0.611. The second-order valence-electron chi connectivity index (χ2n) is 6.55. The predicted molar refractivity (Wildman–Crippen MR) is 87.8 cm³/mol. The lowest BCUT2D eigenvalue weighted by atomic mass is 9.89. The number of hydrogen-bond acceptors (Lipinski definition) is 3. The number of anilines is 1. The van der Waals surface area contributed by atoms with Crippen molar-refractivity contribution in [1.82, 2.24) is 5.32 Å². The summed E-state index contributed by atoms with van der Waals surface area (Å²) >= 11 is 0. The molecule has 0 aromatic heterocycles. The Morgan fingerprint density at radius 1 is 1.09 bits per heavy atom. The highest BCUT2D eigenvalue weighted by atomic mass is 16.3. The number of rotatable bonds is 3. The van der Waals surface area contributed by atoms with Gasteiger partial charge in [-0.3, -0.25) is 4.79 Å². The lowest BCUT2D eigenvalue weighted by Crippen LogP contribution is -2.49. The first-order chi connectivity index (χ1) is 10.8. The summed E-state index contributed by atoms with van der Waals surface area (Å²) in [4.78, 5) is 15.1. The van der Waals surface area contributed by atoms with Gasteiger partial charge in [-0.15, -0.1) is 0 Å². The summed E-state index contributed by atoms with van der Waals surface area (Å²) in [7, 11) is 0. The molecular formula is C18H26N2O2. The minimum absolute atomic E-state index is 0.0841. The topological polar surface area (TPSA) is 52.6 Å². The summed E-state index contributed by atoms with van der Waals surface area (Å²) in [6.45, 7) is 1.81. The van der Waals surface area contributed by atoms with E-state index in [1.165, 1.54) is 0 Å². The van der Waals surface area contributed by atoms with E-state index in [4.69, 9.17) is 0 Å². The van der Waals surface area contributed by atoms with E-state index in [0.29, 0.717) is 0 Å². The van der Waals surface area contributed by atoms with E-state index >= 15 is 0 Å². The van der Waals surface area contributed by atoms with Gasteiger partial charge in [0.25, 0.3) is 0 Å². The summed E-state index contributed by atoms with van der Waals surface area (Å²) in [5, 5.41) is 13.1. The molecule has 1 aromatic rings. The molecule has 1 saturated heterocycles. The minimum Gasteiger partial charge on any atom is -0.393 e. The molecule has 2 aliphatic rings. The van der Waals surface area contributed by atoms with E-state index in [0.717, 1.165) is 57.3 Å². The maximum atomic E-state index is 13.1. The van der Waals surface area contributed by atoms with Crippen molar-refractivity contribution in [3.05, 3.63) is 30.3 Å². The summed E-state index contributed by atoms with van der Waals surface area (Å²) in [6.07, 6.45) is 5.23. The Balaban J connectivity index is 1.81. The van der Waals surface area contributed by atoms with Gasteiger partial charge in [0.2, 0.25) is 5.91 Å². The van der Waals surface area contributed by atoms with Gasteiger partial charge in [0.05, 0.1) is 12.0 Å². The van der Waals surface area contributed by atoms with Crippen LogP contribution in [0.5, 0.6) is 0 Å². The van der Waals surface area contributed by atoms with Crippen LogP contribution in [0.3, 0.4) is 0 Å². The first-order valence-corrected chi connectivity index (χ1v) is 8.52. The normalized spacial score (nSPS) is 29.0. The number of nitrogens with zero attached hydrogens (tertiary/aromatic N) is 1. The maximum Gasteiger partial charge on any atom is 0.231 e. The van der Waals surface area contributed by atoms with Crippen LogP contribution >= 0.6 is 0 Å². The molecule has 4 heteroatoms. The van der Waals surface area contributed by atoms with Crippen LogP contribution in [-0.4, -0.2) is 36.2 Å².